The van der Waals surface area contributed by atoms with E-state index in [9.17, 15) is 9.50 Å². The van der Waals surface area contributed by atoms with Gasteiger partial charge in [-0.05, 0) is 18.1 Å². The summed E-state index contributed by atoms with van der Waals surface area (Å²) < 4.78 is 12.3. The first kappa shape index (κ1) is 8.51. The zero-order valence-electron chi connectivity index (χ0n) is 7.26. The zero-order valence-corrected chi connectivity index (χ0v) is 7.26. The van der Waals surface area contributed by atoms with Crippen LogP contribution in [0.15, 0.2) is 18.2 Å². The van der Waals surface area contributed by atoms with Crippen LogP contribution in [0.1, 0.15) is 11.1 Å². The summed E-state index contributed by atoms with van der Waals surface area (Å²) in [6.07, 6.45) is 0.667. The van der Waals surface area contributed by atoms with Gasteiger partial charge in [0.2, 0.25) is 0 Å². The molecule has 70 valence electrons. The van der Waals surface area contributed by atoms with Crippen molar-refractivity contribution in [3.05, 3.63) is 29.3 Å². The molecule has 0 radical (unpaired) electrons. The third-order valence-electron chi connectivity index (χ3n) is 2.47. The molecule has 0 saturated heterocycles. The minimum Gasteiger partial charge on any atom is -0.508 e. The third kappa shape index (κ3) is 1.52. The van der Waals surface area contributed by atoms with E-state index in [1.54, 1.807) is 12.1 Å². The quantitative estimate of drug-likeness (QED) is 0.686. The fourth-order valence-corrected chi connectivity index (χ4v) is 1.71. The fraction of sp³-hybridized carbons (Fsp3) is 0.400. The van der Waals surface area contributed by atoms with Gasteiger partial charge < -0.3 is 10.4 Å². The molecule has 0 spiro atoms. The first-order valence-corrected chi connectivity index (χ1v) is 4.40. The summed E-state index contributed by atoms with van der Waals surface area (Å²) in [4.78, 5) is 0. The summed E-state index contributed by atoms with van der Waals surface area (Å²) in [5.74, 6) is 0.308. The molecule has 2 N–H and O–H groups in total. The monoisotopic (exact) mass is 181 g/mol. The van der Waals surface area contributed by atoms with Crippen LogP contribution in [0.5, 0.6) is 5.75 Å². The van der Waals surface area contributed by atoms with Crippen molar-refractivity contribution in [1.29, 1.82) is 0 Å². The third-order valence-corrected chi connectivity index (χ3v) is 2.47. The van der Waals surface area contributed by atoms with Crippen molar-refractivity contribution in [2.75, 3.05) is 6.67 Å². The summed E-state index contributed by atoms with van der Waals surface area (Å²) >= 11 is 0. The molecule has 1 aliphatic heterocycles. The van der Waals surface area contributed by atoms with Crippen molar-refractivity contribution in [1.82, 2.24) is 5.32 Å². The lowest BCUT2D eigenvalue weighted by Crippen LogP contribution is -2.37. The summed E-state index contributed by atoms with van der Waals surface area (Å²) in [5, 5.41) is 12.5. The number of fused-ring (bicyclic) bond motifs is 1. The van der Waals surface area contributed by atoms with Crippen molar-refractivity contribution in [3.8, 4) is 5.75 Å². The van der Waals surface area contributed by atoms with Crippen LogP contribution in [0.2, 0.25) is 0 Å². The van der Waals surface area contributed by atoms with Crippen LogP contribution in [0.3, 0.4) is 0 Å². The molecule has 1 aliphatic rings. The van der Waals surface area contributed by atoms with E-state index < -0.39 is 0 Å². The second kappa shape index (κ2) is 3.34. The number of phenolic OH excluding ortho intramolecular Hbond substituents is 1. The lowest BCUT2D eigenvalue weighted by Gasteiger charge is -2.24. The average Bonchev–Trinajstić information content (AvgIpc) is 2.18. The van der Waals surface area contributed by atoms with Crippen LogP contribution in [0, 0.1) is 0 Å². The number of hydrogen-bond acceptors (Lipinski definition) is 2. The van der Waals surface area contributed by atoms with Crippen molar-refractivity contribution < 1.29 is 9.50 Å². The maximum absolute atomic E-state index is 12.3. The average molecular weight is 181 g/mol. The second-order valence-electron chi connectivity index (χ2n) is 3.35. The Bertz CT molecular complexity index is 314. The molecule has 0 fully saturated rings. The van der Waals surface area contributed by atoms with Gasteiger partial charge in [0, 0.05) is 18.2 Å². The van der Waals surface area contributed by atoms with Gasteiger partial charge in [-0.2, -0.15) is 0 Å². The van der Waals surface area contributed by atoms with Crippen LogP contribution in [0.4, 0.5) is 4.39 Å². The van der Waals surface area contributed by atoms with Crippen LogP contribution >= 0.6 is 0 Å². The van der Waals surface area contributed by atoms with Crippen LogP contribution in [-0.2, 0) is 13.0 Å². The highest BCUT2D eigenvalue weighted by Gasteiger charge is 2.19. The molecule has 1 unspecified atom stereocenters. The number of phenols is 1. The van der Waals surface area contributed by atoms with Crippen LogP contribution in [-0.4, -0.2) is 17.8 Å². The molecular weight excluding hydrogens is 169 g/mol. The predicted octanol–water partition coefficient (Wildman–Crippen LogP) is 1.38. The van der Waals surface area contributed by atoms with E-state index in [1.807, 2.05) is 6.07 Å². The van der Waals surface area contributed by atoms with Gasteiger partial charge in [-0.15, -0.1) is 0 Å². The number of nitrogens with one attached hydrogen (secondary N) is 1. The molecule has 0 amide bonds. The Labute approximate surface area is 76.4 Å². The number of alkyl halides is 1. The Morgan fingerprint density at radius 2 is 2.38 bits per heavy atom. The molecule has 0 aliphatic carbocycles. The van der Waals surface area contributed by atoms with Gasteiger partial charge in [-0.1, -0.05) is 12.1 Å². The highest BCUT2D eigenvalue weighted by atomic mass is 19.1. The number of hydrogen-bond donors (Lipinski definition) is 2. The number of rotatable bonds is 1. The van der Waals surface area contributed by atoms with E-state index in [0.29, 0.717) is 18.7 Å². The van der Waals surface area contributed by atoms with E-state index >= 15 is 0 Å². The lowest BCUT2D eigenvalue weighted by molar-refractivity contribution is 0.353. The van der Waals surface area contributed by atoms with Gasteiger partial charge in [0.15, 0.2) is 0 Å². The van der Waals surface area contributed by atoms with Gasteiger partial charge in [-0.25, -0.2) is 4.39 Å². The molecule has 1 atom stereocenters. The molecule has 0 bridgehead atoms. The number of benzene rings is 1. The molecule has 1 aromatic carbocycles. The van der Waals surface area contributed by atoms with Crippen LogP contribution < -0.4 is 5.32 Å². The van der Waals surface area contributed by atoms with Crippen LogP contribution in [0.25, 0.3) is 0 Å². The van der Waals surface area contributed by atoms with Gasteiger partial charge in [0.05, 0.1) is 0 Å². The van der Waals surface area contributed by atoms with Gasteiger partial charge in [0.25, 0.3) is 0 Å². The number of aromatic hydroxyl groups is 1. The van der Waals surface area contributed by atoms with E-state index in [-0.39, 0.29) is 12.7 Å². The van der Waals surface area contributed by atoms with E-state index in [0.717, 1.165) is 11.1 Å². The van der Waals surface area contributed by atoms with Gasteiger partial charge in [-0.3, -0.25) is 0 Å². The topological polar surface area (TPSA) is 32.3 Å². The maximum atomic E-state index is 12.3. The highest BCUT2D eigenvalue weighted by molar-refractivity contribution is 5.40. The standard InChI is InChI=1S/C10H12FNO/c11-5-8-4-7-2-1-3-10(13)9(7)6-12-8/h1-3,8,12-13H,4-6H2. The molecule has 0 aromatic heterocycles. The summed E-state index contributed by atoms with van der Waals surface area (Å²) in [6.45, 7) is 0.214. The van der Waals surface area contributed by atoms with Gasteiger partial charge in [0.1, 0.15) is 12.4 Å². The summed E-state index contributed by atoms with van der Waals surface area (Å²) in [5.41, 5.74) is 1.97. The first-order valence-electron chi connectivity index (χ1n) is 4.40. The summed E-state index contributed by atoms with van der Waals surface area (Å²) in [6, 6.07) is 5.32. The Kier molecular flexibility index (Phi) is 2.19. The second-order valence-corrected chi connectivity index (χ2v) is 3.35. The Balaban J connectivity index is 2.31. The molecular formula is C10H12FNO. The molecule has 1 heterocycles. The Morgan fingerprint density at radius 1 is 1.54 bits per heavy atom. The molecule has 1 aromatic rings. The maximum Gasteiger partial charge on any atom is 0.120 e. The molecule has 3 heteroatoms. The smallest absolute Gasteiger partial charge is 0.120 e. The van der Waals surface area contributed by atoms with Crippen molar-refractivity contribution in [2.24, 2.45) is 0 Å². The van der Waals surface area contributed by atoms with Crippen molar-refractivity contribution >= 4 is 0 Å². The zero-order chi connectivity index (χ0) is 9.26. The lowest BCUT2D eigenvalue weighted by atomic mass is 9.96. The molecule has 0 saturated carbocycles. The minimum absolute atomic E-state index is 0.0886. The van der Waals surface area contributed by atoms with Gasteiger partial charge >= 0.3 is 0 Å². The highest BCUT2D eigenvalue weighted by Crippen LogP contribution is 2.25. The molecule has 2 nitrogen and oxygen atoms in total. The van der Waals surface area contributed by atoms with E-state index in [4.69, 9.17) is 0 Å². The van der Waals surface area contributed by atoms with Crippen molar-refractivity contribution in [2.45, 2.75) is 19.0 Å². The Hall–Kier alpha value is -1.09. The molecule has 2 rings (SSSR count). The first-order chi connectivity index (χ1) is 6.31. The largest absolute Gasteiger partial charge is 0.508 e. The van der Waals surface area contributed by atoms with Crippen molar-refractivity contribution in [3.63, 3.8) is 0 Å². The Morgan fingerprint density at radius 3 is 3.15 bits per heavy atom. The van der Waals surface area contributed by atoms with E-state index in [1.165, 1.54) is 0 Å². The number of halogens is 1. The summed E-state index contributed by atoms with van der Waals surface area (Å²) in [7, 11) is 0. The fourth-order valence-electron chi connectivity index (χ4n) is 1.71. The SMILES string of the molecule is Oc1cccc2c1CNC(CF)C2. The molecule has 13 heavy (non-hydrogen) atoms. The predicted molar refractivity (Wildman–Crippen MR) is 48.4 cm³/mol. The minimum atomic E-state index is -0.352. The van der Waals surface area contributed by atoms with E-state index in [2.05, 4.69) is 5.32 Å². The normalized spacial score (nSPS) is 21.2.